The van der Waals surface area contributed by atoms with E-state index in [1.54, 1.807) is 4.31 Å². The summed E-state index contributed by atoms with van der Waals surface area (Å²) >= 11 is 0. The van der Waals surface area contributed by atoms with Crippen molar-refractivity contribution in [1.82, 2.24) is 9.62 Å². The Morgan fingerprint density at radius 1 is 1.06 bits per heavy atom. The fourth-order valence-corrected chi connectivity index (χ4v) is 4.69. The van der Waals surface area contributed by atoms with Gasteiger partial charge in [0.1, 0.15) is 0 Å². The van der Waals surface area contributed by atoms with Gasteiger partial charge in [-0.25, -0.2) is 12.7 Å². The molecule has 0 amide bonds. The van der Waals surface area contributed by atoms with Crippen molar-refractivity contribution < 1.29 is 8.42 Å². The second-order valence-corrected chi connectivity index (χ2v) is 7.92. The van der Waals surface area contributed by atoms with Gasteiger partial charge in [-0.05, 0) is 31.6 Å². The van der Waals surface area contributed by atoms with Crippen molar-refractivity contribution in [2.24, 2.45) is 5.92 Å². The maximum Gasteiger partial charge on any atom is 0.214 e. The fraction of sp³-hybridized carbons (Fsp3) is 1.00. The first-order valence-electron chi connectivity index (χ1n) is 6.87. The first-order valence-corrected chi connectivity index (χ1v) is 8.48. The van der Waals surface area contributed by atoms with Crippen LogP contribution in [0.25, 0.3) is 0 Å². The van der Waals surface area contributed by atoms with Gasteiger partial charge in [0, 0.05) is 25.2 Å². The second-order valence-electron chi connectivity index (χ2n) is 5.83. The minimum Gasteiger partial charge on any atom is -0.310 e. The van der Waals surface area contributed by atoms with Crippen LogP contribution in [0.2, 0.25) is 0 Å². The number of rotatable bonds is 4. The van der Waals surface area contributed by atoms with E-state index in [1.165, 1.54) is 19.3 Å². The molecule has 2 unspecified atom stereocenters. The summed E-state index contributed by atoms with van der Waals surface area (Å²) in [4.78, 5) is 0. The lowest BCUT2D eigenvalue weighted by Gasteiger charge is -2.23. The summed E-state index contributed by atoms with van der Waals surface area (Å²) in [5.41, 5.74) is 0. The molecule has 1 aliphatic carbocycles. The SMILES string of the molecule is Cl.O=S(=O)(CCC1CC1)N1CCC2CCC(C1)N2. The van der Waals surface area contributed by atoms with E-state index >= 15 is 0 Å². The molecular formula is C12H23ClN2O2S. The molecule has 2 saturated heterocycles. The first-order chi connectivity index (χ1) is 8.13. The average molecular weight is 295 g/mol. The third kappa shape index (κ3) is 3.38. The van der Waals surface area contributed by atoms with Gasteiger partial charge < -0.3 is 5.32 Å². The normalized spacial score (nSPS) is 32.9. The van der Waals surface area contributed by atoms with Crippen LogP contribution in [0.3, 0.4) is 0 Å². The summed E-state index contributed by atoms with van der Waals surface area (Å²) in [5.74, 6) is 1.07. The van der Waals surface area contributed by atoms with Gasteiger partial charge in [0.2, 0.25) is 10.0 Å². The standard InChI is InChI=1S/C12H22N2O2S.ClH/c15-17(16,8-6-10-1-2-10)14-7-5-11-3-4-12(9-14)13-11;/h10-13H,1-9H2;1H. The van der Waals surface area contributed by atoms with Gasteiger partial charge >= 0.3 is 0 Å². The minimum atomic E-state index is -2.99. The summed E-state index contributed by atoms with van der Waals surface area (Å²) in [7, 11) is -2.99. The number of fused-ring (bicyclic) bond motifs is 2. The molecule has 1 saturated carbocycles. The van der Waals surface area contributed by atoms with E-state index in [2.05, 4.69) is 5.32 Å². The number of sulfonamides is 1. The molecule has 2 aliphatic heterocycles. The Kier molecular flexibility index (Phi) is 4.57. The van der Waals surface area contributed by atoms with Crippen LogP contribution in [0.5, 0.6) is 0 Å². The van der Waals surface area contributed by atoms with Crippen molar-refractivity contribution in [2.75, 3.05) is 18.8 Å². The molecule has 106 valence electrons. The van der Waals surface area contributed by atoms with Crippen LogP contribution >= 0.6 is 12.4 Å². The van der Waals surface area contributed by atoms with Crippen LogP contribution in [0, 0.1) is 5.92 Å². The number of nitrogens with zero attached hydrogens (tertiary/aromatic N) is 1. The van der Waals surface area contributed by atoms with Crippen molar-refractivity contribution in [3.8, 4) is 0 Å². The lowest BCUT2D eigenvalue weighted by molar-refractivity contribution is 0.382. The molecule has 1 N–H and O–H groups in total. The molecule has 3 aliphatic rings. The molecule has 2 heterocycles. The van der Waals surface area contributed by atoms with E-state index in [1.807, 2.05) is 0 Å². The maximum absolute atomic E-state index is 12.2. The van der Waals surface area contributed by atoms with Gasteiger partial charge in [0.25, 0.3) is 0 Å². The molecular weight excluding hydrogens is 272 g/mol. The number of nitrogens with one attached hydrogen (secondary N) is 1. The topological polar surface area (TPSA) is 49.4 Å². The average Bonchev–Trinajstić information content (AvgIpc) is 3.01. The number of halogens is 1. The predicted molar refractivity (Wildman–Crippen MR) is 74.5 cm³/mol. The van der Waals surface area contributed by atoms with E-state index in [0.29, 0.717) is 30.3 Å². The summed E-state index contributed by atoms with van der Waals surface area (Å²) in [6.45, 7) is 1.42. The van der Waals surface area contributed by atoms with Crippen molar-refractivity contribution in [3.05, 3.63) is 0 Å². The van der Waals surface area contributed by atoms with E-state index in [4.69, 9.17) is 0 Å². The lowest BCUT2D eigenvalue weighted by Crippen LogP contribution is -2.40. The molecule has 0 radical (unpaired) electrons. The fourth-order valence-electron chi connectivity index (χ4n) is 3.01. The molecule has 3 rings (SSSR count). The van der Waals surface area contributed by atoms with Crippen LogP contribution in [0.4, 0.5) is 0 Å². The molecule has 18 heavy (non-hydrogen) atoms. The van der Waals surface area contributed by atoms with Crippen LogP contribution in [0.15, 0.2) is 0 Å². The van der Waals surface area contributed by atoms with Crippen LogP contribution in [-0.2, 0) is 10.0 Å². The van der Waals surface area contributed by atoms with E-state index in [9.17, 15) is 8.42 Å². The number of hydrogen-bond donors (Lipinski definition) is 1. The molecule has 2 bridgehead atoms. The van der Waals surface area contributed by atoms with Gasteiger partial charge in [0.15, 0.2) is 0 Å². The van der Waals surface area contributed by atoms with Gasteiger partial charge in [0.05, 0.1) is 5.75 Å². The van der Waals surface area contributed by atoms with Crippen molar-refractivity contribution in [3.63, 3.8) is 0 Å². The molecule has 4 nitrogen and oxygen atoms in total. The Balaban J connectivity index is 0.00000120. The highest BCUT2D eigenvalue weighted by Crippen LogP contribution is 2.33. The highest BCUT2D eigenvalue weighted by molar-refractivity contribution is 7.89. The summed E-state index contributed by atoms with van der Waals surface area (Å²) in [5, 5.41) is 3.53. The molecule has 0 aromatic heterocycles. The highest BCUT2D eigenvalue weighted by Gasteiger charge is 2.34. The van der Waals surface area contributed by atoms with Gasteiger partial charge in [-0.15, -0.1) is 12.4 Å². The monoisotopic (exact) mass is 294 g/mol. The Labute approximate surface area is 116 Å². The summed E-state index contributed by atoms with van der Waals surface area (Å²) in [6, 6.07) is 0.960. The summed E-state index contributed by atoms with van der Waals surface area (Å²) in [6.07, 6.45) is 6.70. The van der Waals surface area contributed by atoms with E-state index in [-0.39, 0.29) is 12.4 Å². The van der Waals surface area contributed by atoms with Crippen LogP contribution in [-0.4, -0.2) is 43.6 Å². The Morgan fingerprint density at radius 3 is 2.50 bits per heavy atom. The van der Waals surface area contributed by atoms with Crippen LogP contribution < -0.4 is 5.32 Å². The van der Waals surface area contributed by atoms with E-state index in [0.717, 1.165) is 25.8 Å². The zero-order valence-electron chi connectivity index (χ0n) is 10.7. The predicted octanol–water partition coefficient (Wildman–Crippen LogP) is 1.36. The van der Waals surface area contributed by atoms with Crippen molar-refractivity contribution in [1.29, 1.82) is 0 Å². The second kappa shape index (κ2) is 5.65. The molecule has 3 fully saturated rings. The van der Waals surface area contributed by atoms with Crippen molar-refractivity contribution in [2.45, 2.75) is 50.6 Å². The Hall–Kier alpha value is 0.160. The molecule has 0 aromatic rings. The quantitative estimate of drug-likeness (QED) is 0.852. The van der Waals surface area contributed by atoms with E-state index < -0.39 is 10.0 Å². The van der Waals surface area contributed by atoms with Crippen molar-refractivity contribution >= 4 is 22.4 Å². The molecule has 0 aromatic carbocycles. The third-order valence-electron chi connectivity index (χ3n) is 4.36. The molecule has 6 heteroatoms. The van der Waals surface area contributed by atoms with Gasteiger partial charge in [-0.1, -0.05) is 12.8 Å². The highest BCUT2D eigenvalue weighted by atomic mass is 35.5. The number of hydrogen-bond acceptors (Lipinski definition) is 3. The molecule has 0 spiro atoms. The smallest absolute Gasteiger partial charge is 0.214 e. The van der Waals surface area contributed by atoms with Gasteiger partial charge in [-0.2, -0.15) is 0 Å². The third-order valence-corrected chi connectivity index (χ3v) is 6.23. The first kappa shape index (κ1) is 14.6. The Morgan fingerprint density at radius 2 is 1.78 bits per heavy atom. The lowest BCUT2D eigenvalue weighted by atomic mass is 10.1. The summed E-state index contributed by atoms with van der Waals surface area (Å²) < 4.78 is 26.2. The van der Waals surface area contributed by atoms with Gasteiger partial charge in [-0.3, -0.25) is 0 Å². The maximum atomic E-state index is 12.2. The Bertz CT molecular complexity index is 384. The van der Waals surface area contributed by atoms with Crippen LogP contribution in [0.1, 0.15) is 38.5 Å². The largest absolute Gasteiger partial charge is 0.310 e. The molecule has 2 atom stereocenters. The minimum absolute atomic E-state index is 0. The zero-order chi connectivity index (χ0) is 11.9. The zero-order valence-corrected chi connectivity index (χ0v) is 12.3.